The Bertz CT molecular complexity index is 787. The van der Waals surface area contributed by atoms with E-state index in [1.807, 2.05) is 0 Å². The lowest BCUT2D eigenvalue weighted by Gasteiger charge is -2.13. The van der Waals surface area contributed by atoms with E-state index in [2.05, 4.69) is 9.97 Å². The number of aliphatic hydroxyl groups is 1. The highest BCUT2D eigenvalue weighted by atomic mass is 19.1. The van der Waals surface area contributed by atoms with Gasteiger partial charge in [0.1, 0.15) is 11.6 Å². The summed E-state index contributed by atoms with van der Waals surface area (Å²) in [5.41, 5.74) is 2.07. The second-order valence-electron chi connectivity index (χ2n) is 4.73. The molecule has 0 aliphatic carbocycles. The lowest BCUT2D eigenvalue weighted by Crippen LogP contribution is -2.05. The van der Waals surface area contributed by atoms with Gasteiger partial charge in [0.25, 0.3) is 0 Å². The van der Waals surface area contributed by atoms with Crippen molar-refractivity contribution in [2.75, 3.05) is 0 Å². The van der Waals surface area contributed by atoms with Gasteiger partial charge in [-0.3, -0.25) is 9.97 Å². The van der Waals surface area contributed by atoms with Crippen LogP contribution in [0.3, 0.4) is 0 Å². The van der Waals surface area contributed by atoms with E-state index >= 15 is 0 Å². The topological polar surface area (TPSA) is 46.0 Å². The summed E-state index contributed by atoms with van der Waals surface area (Å²) in [6.45, 7) is 0. The number of benzene rings is 2. The molecule has 1 aromatic heterocycles. The van der Waals surface area contributed by atoms with Crippen LogP contribution in [0, 0.1) is 11.6 Å². The Balaban J connectivity index is 1.95. The summed E-state index contributed by atoms with van der Waals surface area (Å²) in [7, 11) is 0. The molecule has 1 N–H and O–H groups in total. The average Bonchev–Trinajstić information content (AvgIpc) is 2.49. The zero-order valence-corrected chi connectivity index (χ0v) is 11.0. The Hall–Kier alpha value is -2.40. The normalized spacial score (nSPS) is 12.5. The first-order chi connectivity index (χ1) is 10.1. The molecule has 0 aliphatic rings. The van der Waals surface area contributed by atoms with Gasteiger partial charge in [0, 0.05) is 30.4 Å². The molecule has 3 rings (SSSR count). The number of nitrogens with zero attached hydrogens (tertiary/aromatic N) is 2. The third kappa shape index (κ3) is 2.73. The first-order valence-electron chi connectivity index (χ1n) is 6.47. The number of aliphatic hydroxyl groups excluding tert-OH is 1. The van der Waals surface area contributed by atoms with Crippen LogP contribution in [0.1, 0.15) is 17.2 Å². The minimum Gasteiger partial charge on any atom is -0.388 e. The monoisotopic (exact) mass is 286 g/mol. The summed E-state index contributed by atoms with van der Waals surface area (Å²) in [5, 5.41) is 10.3. The fourth-order valence-corrected chi connectivity index (χ4v) is 2.29. The molecule has 0 spiro atoms. The maximum absolute atomic E-state index is 13.7. The van der Waals surface area contributed by atoms with Crippen molar-refractivity contribution in [1.29, 1.82) is 0 Å². The Morgan fingerprint density at radius 1 is 1.05 bits per heavy atom. The number of rotatable bonds is 3. The van der Waals surface area contributed by atoms with Crippen LogP contribution in [0.5, 0.6) is 0 Å². The van der Waals surface area contributed by atoms with Crippen molar-refractivity contribution in [3.63, 3.8) is 0 Å². The largest absolute Gasteiger partial charge is 0.388 e. The molecule has 5 heteroatoms. The molecule has 3 aromatic rings. The zero-order chi connectivity index (χ0) is 14.8. The van der Waals surface area contributed by atoms with Crippen LogP contribution in [0.15, 0.2) is 48.8 Å². The van der Waals surface area contributed by atoms with Crippen LogP contribution in [0.4, 0.5) is 8.78 Å². The maximum Gasteiger partial charge on any atom is 0.129 e. The molecule has 1 atom stereocenters. The van der Waals surface area contributed by atoms with Crippen molar-refractivity contribution in [1.82, 2.24) is 9.97 Å². The molecule has 1 heterocycles. The van der Waals surface area contributed by atoms with Gasteiger partial charge < -0.3 is 5.11 Å². The molecule has 0 aliphatic heterocycles. The molecular weight excluding hydrogens is 274 g/mol. The van der Waals surface area contributed by atoms with Crippen LogP contribution in [0.25, 0.3) is 11.0 Å². The number of para-hydroxylation sites is 1. The van der Waals surface area contributed by atoms with Crippen molar-refractivity contribution in [3.05, 3.63) is 71.6 Å². The molecule has 0 amide bonds. The smallest absolute Gasteiger partial charge is 0.129 e. The standard InChI is InChI=1S/C16H12F2N2O/c17-11-5-4-10(13(18)9-11)8-15(21)12-2-1-3-14-16(12)20-7-6-19-14/h1-7,9,15,21H,8H2. The van der Waals surface area contributed by atoms with Crippen molar-refractivity contribution in [3.8, 4) is 0 Å². The first kappa shape index (κ1) is 13.6. The van der Waals surface area contributed by atoms with Crippen LogP contribution in [0.2, 0.25) is 0 Å². The molecular formula is C16H12F2N2O. The van der Waals surface area contributed by atoms with Gasteiger partial charge in [-0.15, -0.1) is 0 Å². The molecule has 0 fully saturated rings. The Morgan fingerprint density at radius 3 is 2.67 bits per heavy atom. The van der Waals surface area contributed by atoms with Crippen LogP contribution in [-0.2, 0) is 6.42 Å². The van der Waals surface area contributed by atoms with E-state index < -0.39 is 17.7 Å². The van der Waals surface area contributed by atoms with Gasteiger partial charge in [-0.1, -0.05) is 18.2 Å². The minimum atomic E-state index is -0.939. The number of aromatic nitrogens is 2. The van der Waals surface area contributed by atoms with Gasteiger partial charge >= 0.3 is 0 Å². The zero-order valence-electron chi connectivity index (χ0n) is 11.0. The molecule has 3 nitrogen and oxygen atoms in total. The molecule has 0 saturated carbocycles. The van der Waals surface area contributed by atoms with Crippen molar-refractivity contribution in [2.24, 2.45) is 0 Å². The minimum absolute atomic E-state index is 0.0435. The van der Waals surface area contributed by atoms with E-state index in [1.54, 1.807) is 24.4 Å². The number of hydrogen-bond acceptors (Lipinski definition) is 3. The van der Waals surface area contributed by atoms with Crippen LogP contribution < -0.4 is 0 Å². The van der Waals surface area contributed by atoms with E-state index in [-0.39, 0.29) is 12.0 Å². The quantitative estimate of drug-likeness (QED) is 0.804. The first-order valence-corrected chi connectivity index (χ1v) is 6.47. The number of halogens is 2. The molecule has 0 radical (unpaired) electrons. The molecule has 21 heavy (non-hydrogen) atoms. The van der Waals surface area contributed by atoms with E-state index in [9.17, 15) is 13.9 Å². The molecule has 106 valence electrons. The summed E-state index contributed by atoms with van der Waals surface area (Å²) in [5.74, 6) is -1.30. The Labute approximate surface area is 119 Å². The Morgan fingerprint density at radius 2 is 1.86 bits per heavy atom. The van der Waals surface area contributed by atoms with Crippen molar-refractivity contribution < 1.29 is 13.9 Å². The lowest BCUT2D eigenvalue weighted by atomic mass is 9.99. The van der Waals surface area contributed by atoms with Gasteiger partial charge in [-0.25, -0.2) is 8.78 Å². The number of fused-ring (bicyclic) bond motifs is 1. The van der Waals surface area contributed by atoms with Gasteiger partial charge in [0.05, 0.1) is 17.1 Å². The average molecular weight is 286 g/mol. The molecule has 2 aromatic carbocycles. The van der Waals surface area contributed by atoms with Crippen molar-refractivity contribution >= 4 is 11.0 Å². The Kier molecular flexibility index (Phi) is 3.58. The van der Waals surface area contributed by atoms with Crippen molar-refractivity contribution in [2.45, 2.75) is 12.5 Å². The maximum atomic E-state index is 13.7. The fourth-order valence-electron chi connectivity index (χ4n) is 2.29. The lowest BCUT2D eigenvalue weighted by molar-refractivity contribution is 0.178. The van der Waals surface area contributed by atoms with E-state index in [0.29, 0.717) is 16.6 Å². The van der Waals surface area contributed by atoms with Crippen LogP contribution in [-0.4, -0.2) is 15.1 Å². The highest BCUT2D eigenvalue weighted by Gasteiger charge is 2.15. The third-order valence-corrected chi connectivity index (χ3v) is 3.32. The second-order valence-corrected chi connectivity index (χ2v) is 4.73. The highest BCUT2D eigenvalue weighted by molar-refractivity contribution is 5.77. The fraction of sp³-hybridized carbons (Fsp3) is 0.125. The number of hydrogen-bond donors (Lipinski definition) is 1. The SMILES string of the molecule is OC(Cc1ccc(F)cc1F)c1cccc2nccnc12. The summed E-state index contributed by atoms with van der Waals surface area (Å²) in [6.07, 6.45) is 2.21. The summed E-state index contributed by atoms with van der Waals surface area (Å²) in [4.78, 5) is 8.37. The second kappa shape index (κ2) is 5.54. The van der Waals surface area contributed by atoms with Gasteiger partial charge in [0.2, 0.25) is 0 Å². The third-order valence-electron chi connectivity index (χ3n) is 3.32. The van der Waals surface area contributed by atoms with E-state index in [4.69, 9.17) is 0 Å². The highest BCUT2D eigenvalue weighted by Crippen LogP contribution is 2.25. The van der Waals surface area contributed by atoms with E-state index in [1.165, 1.54) is 18.3 Å². The molecule has 0 bridgehead atoms. The molecule has 1 unspecified atom stereocenters. The van der Waals surface area contributed by atoms with E-state index in [0.717, 1.165) is 6.07 Å². The van der Waals surface area contributed by atoms with Gasteiger partial charge in [-0.2, -0.15) is 0 Å². The predicted octanol–water partition coefficient (Wildman–Crippen LogP) is 3.18. The van der Waals surface area contributed by atoms with Gasteiger partial charge in [0.15, 0.2) is 0 Å². The summed E-state index contributed by atoms with van der Waals surface area (Å²) >= 11 is 0. The summed E-state index contributed by atoms with van der Waals surface area (Å²) < 4.78 is 26.6. The van der Waals surface area contributed by atoms with Gasteiger partial charge in [-0.05, 0) is 17.7 Å². The predicted molar refractivity (Wildman–Crippen MR) is 74.6 cm³/mol. The summed E-state index contributed by atoms with van der Waals surface area (Å²) in [6, 6.07) is 8.60. The van der Waals surface area contributed by atoms with Crippen LogP contribution >= 0.6 is 0 Å². The molecule has 0 saturated heterocycles.